The summed E-state index contributed by atoms with van der Waals surface area (Å²) in [5.74, 6) is 1.92. The van der Waals surface area contributed by atoms with E-state index >= 15 is 0 Å². The Balaban J connectivity index is 0.982. The first-order valence-corrected chi connectivity index (χ1v) is 21.7. The number of methoxy groups -OCH3 is 1. The van der Waals surface area contributed by atoms with Crippen LogP contribution in [0.15, 0.2) is 91.0 Å². The summed E-state index contributed by atoms with van der Waals surface area (Å²) in [5, 5.41) is 0. The van der Waals surface area contributed by atoms with E-state index in [-0.39, 0.29) is 43.0 Å². The van der Waals surface area contributed by atoms with Gasteiger partial charge in [-0.3, -0.25) is 14.4 Å². The van der Waals surface area contributed by atoms with Crippen molar-refractivity contribution in [1.82, 2.24) is 0 Å². The van der Waals surface area contributed by atoms with Crippen molar-refractivity contribution < 1.29 is 28.6 Å². The average molecular weight is 824 g/mol. The lowest BCUT2D eigenvalue weighted by atomic mass is 10.1. The van der Waals surface area contributed by atoms with Crippen LogP contribution in [0.2, 0.25) is 0 Å². The molecular weight excluding hydrogens is 775 g/mol. The van der Waals surface area contributed by atoms with Crippen molar-refractivity contribution in [1.29, 1.82) is 0 Å². The van der Waals surface area contributed by atoms with Crippen LogP contribution in [-0.2, 0) is 30.8 Å². The van der Waals surface area contributed by atoms with Gasteiger partial charge in [0.15, 0.2) is 11.5 Å². The molecule has 0 N–H and O–H groups in total. The monoisotopic (exact) mass is 823 g/mol. The number of hydrogen-bond donors (Lipinski definition) is 0. The molecule has 308 valence electrons. The molecule has 4 aliphatic rings. The fourth-order valence-electron chi connectivity index (χ4n) is 9.27. The van der Waals surface area contributed by atoms with Gasteiger partial charge in [-0.2, -0.15) is 11.8 Å². The maximum absolute atomic E-state index is 14.1. The molecule has 0 radical (unpaired) electrons. The van der Waals surface area contributed by atoms with Gasteiger partial charge >= 0.3 is 0 Å². The summed E-state index contributed by atoms with van der Waals surface area (Å²) in [6.07, 6.45) is 3.53. The van der Waals surface area contributed by atoms with Crippen LogP contribution < -0.4 is 38.7 Å². The Morgan fingerprint density at radius 1 is 0.700 bits per heavy atom. The average Bonchev–Trinajstić information content (AvgIpc) is 3.75. The van der Waals surface area contributed by atoms with Gasteiger partial charge < -0.3 is 38.7 Å². The molecule has 0 saturated carbocycles. The molecule has 4 heterocycles. The van der Waals surface area contributed by atoms with Gasteiger partial charge in [-0.05, 0) is 96.3 Å². The lowest BCUT2D eigenvalue weighted by Gasteiger charge is -2.25. The van der Waals surface area contributed by atoms with Crippen molar-refractivity contribution >= 4 is 57.9 Å². The van der Waals surface area contributed by atoms with Crippen LogP contribution in [0, 0.1) is 6.92 Å². The van der Waals surface area contributed by atoms with E-state index in [0.717, 1.165) is 58.0 Å². The number of anilines is 5. The third-order valence-corrected chi connectivity index (χ3v) is 12.8. The molecular formula is C48H49N5O6S. The summed E-state index contributed by atoms with van der Waals surface area (Å²) >= 11 is 1.48. The molecule has 4 aliphatic heterocycles. The number of likely N-dealkylation sites (N-methyl/N-ethyl adjacent to an activating group) is 2. The van der Waals surface area contributed by atoms with Crippen LogP contribution in [0.5, 0.6) is 17.2 Å². The molecule has 5 aromatic carbocycles. The molecule has 11 nitrogen and oxygen atoms in total. The maximum Gasteiger partial charge on any atom is 0.260 e. The number of hydrogen-bond acceptors (Lipinski definition) is 9. The first-order valence-electron chi connectivity index (χ1n) is 20.3. The topological polar surface area (TPSA) is 95.1 Å². The second-order valence-electron chi connectivity index (χ2n) is 16.2. The molecule has 5 aromatic rings. The van der Waals surface area contributed by atoms with Crippen LogP contribution in [-0.4, -0.2) is 83.2 Å². The summed E-state index contributed by atoms with van der Waals surface area (Å²) in [6, 6.07) is 29.9. The summed E-state index contributed by atoms with van der Waals surface area (Å²) < 4.78 is 18.9. The highest BCUT2D eigenvalue weighted by atomic mass is 32.2. The van der Waals surface area contributed by atoms with Crippen LogP contribution in [0.3, 0.4) is 0 Å². The molecule has 3 amide bonds. The van der Waals surface area contributed by atoms with Gasteiger partial charge in [0.1, 0.15) is 19.0 Å². The standard InChI is InChI=1S/C48H49N5O6S/c1-29-15-37-41(49(2)24-35-19-32-11-7-9-13-39(32)52(35)47(37)55)22-43(29)58-26-30-16-31(18-34(17-30)51(4)46(54)28-60-6)27-59-45-23-42-38(21-44(45)57-5)48(56)53-36(25-50(42)3)20-33-12-8-10-14-40(33)53/h7-18,21-23,35-36H,19-20,24-28H2,1-6H3/t35-,36-/m0/s1. The van der Waals surface area contributed by atoms with Crippen molar-refractivity contribution in [3.8, 4) is 17.2 Å². The smallest absolute Gasteiger partial charge is 0.260 e. The fourth-order valence-corrected chi connectivity index (χ4v) is 9.71. The van der Waals surface area contributed by atoms with Crippen molar-refractivity contribution in [2.75, 3.05) is 77.9 Å². The summed E-state index contributed by atoms with van der Waals surface area (Å²) in [6.45, 7) is 3.74. The number of fused-ring (bicyclic) bond motifs is 8. The van der Waals surface area contributed by atoms with Gasteiger partial charge in [0.05, 0.1) is 47.4 Å². The Morgan fingerprint density at radius 3 is 1.77 bits per heavy atom. The summed E-state index contributed by atoms with van der Waals surface area (Å²) in [7, 11) is 7.40. The molecule has 60 heavy (non-hydrogen) atoms. The lowest BCUT2D eigenvalue weighted by Crippen LogP contribution is -2.41. The predicted octanol–water partition coefficient (Wildman–Crippen LogP) is 7.53. The molecule has 12 heteroatoms. The molecule has 0 aliphatic carbocycles. The highest BCUT2D eigenvalue weighted by molar-refractivity contribution is 7.99. The molecule has 9 rings (SSSR count). The highest BCUT2D eigenvalue weighted by Gasteiger charge is 2.40. The van der Waals surface area contributed by atoms with Crippen molar-refractivity contribution in [2.24, 2.45) is 0 Å². The first kappa shape index (κ1) is 39.3. The number of aryl methyl sites for hydroxylation is 1. The molecule has 2 atom stereocenters. The minimum atomic E-state index is -0.0569. The minimum Gasteiger partial charge on any atom is -0.493 e. The van der Waals surface area contributed by atoms with Gasteiger partial charge in [-0.25, -0.2) is 0 Å². The van der Waals surface area contributed by atoms with Gasteiger partial charge in [-0.15, -0.1) is 0 Å². The minimum absolute atomic E-state index is 0.00436. The number of amides is 3. The number of para-hydroxylation sites is 2. The Hall–Kier alpha value is -6.14. The molecule has 0 fully saturated rings. The van der Waals surface area contributed by atoms with Gasteiger partial charge in [0, 0.05) is 63.4 Å². The van der Waals surface area contributed by atoms with E-state index in [1.807, 2.05) is 110 Å². The maximum atomic E-state index is 14.1. The third-order valence-electron chi connectivity index (χ3n) is 12.3. The number of carbonyl (C=O) groups is 3. The molecule has 0 unspecified atom stereocenters. The largest absolute Gasteiger partial charge is 0.493 e. The van der Waals surface area contributed by atoms with E-state index in [4.69, 9.17) is 14.2 Å². The van der Waals surface area contributed by atoms with Gasteiger partial charge in [0.25, 0.3) is 11.8 Å². The second kappa shape index (κ2) is 15.8. The van der Waals surface area contributed by atoms with Crippen LogP contribution in [0.4, 0.5) is 28.4 Å². The zero-order valence-electron chi connectivity index (χ0n) is 34.9. The number of thioether (sulfide) groups is 1. The SMILES string of the molecule is COc1cc2c(cc1OCc1cc(COc3cc4c(cc3C)C(=O)N3c5ccccc5C[C@H]3CN4C)cc(N(C)C(=O)CSC)c1)N(C)C[C@@H]1Cc3ccccc3N1C2=O. The van der Waals surface area contributed by atoms with Crippen LogP contribution in [0.25, 0.3) is 0 Å². The van der Waals surface area contributed by atoms with Crippen LogP contribution in [0.1, 0.15) is 48.5 Å². The van der Waals surface area contributed by atoms with Crippen molar-refractivity contribution in [3.05, 3.63) is 130 Å². The van der Waals surface area contributed by atoms with Gasteiger partial charge in [-0.1, -0.05) is 36.4 Å². The number of ether oxygens (including phenoxy) is 3. The van der Waals surface area contributed by atoms with E-state index in [2.05, 4.69) is 21.9 Å². The zero-order chi connectivity index (χ0) is 41.8. The molecule has 0 bridgehead atoms. The second-order valence-corrected chi connectivity index (χ2v) is 17.1. The van der Waals surface area contributed by atoms with E-state index in [1.54, 1.807) is 25.1 Å². The van der Waals surface area contributed by atoms with E-state index in [0.29, 0.717) is 47.2 Å². The molecule has 0 aromatic heterocycles. The molecule has 0 saturated heterocycles. The number of carbonyl (C=O) groups excluding carboxylic acids is 3. The predicted molar refractivity (Wildman–Crippen MR) is 239 cm³/mol. The third kappa shape index (κ3) is 6.96. The van der Waals surface area contributed by atoms with Gasteiger partial charge in [0.2, 0.25) is 5.91 Å². The number of nitrogens with zero attached hydrogens (tertiary/aromatic N) is 5. The number of benzene rings is 5. The molecule has 0 spiro atoms. The van der Waals surface area contributed by atoms with E-state index < -0.39 is 0 Å². The van der Waals surface area contributed by atoms with Crippen molar-refractivity contribution in [3.63, 3.8) is 0 Å². The van der Waals surface area contributed by atoms with Crippen LogP contribution >= 0.6 is 11.8 Å². The van der Waals surface area contributed by atoms with Crippen molar-refractivity contribution in [2.45, 2.75) is 45.1 Å². The van der Waals surface area contributed by atoms with E-state index in [1.165, 1.54) is 22.9 Å². The normalized spacial score (nSPS) is 17.5. The van der Waals surface area contributed by atoms with E-state index in [9.17, 15) is 14.4 Å². The number of rotatable bonds is 10. The Morgan fingerprint density at radius 2 is 1.22 bits per heavy atom. The zero-order valence-corrected chi connectivity index (χ0v) is 35.7. The Labute approximate surface area is 355 Å². The fraction of sp³-hybridized carbons (Fsp3) is 0.312. The summed E-state index contributed by atoms with van der Waals surface area (Å²) in [5.41, 5.74) is 10.4. The lowest BCUT2D eigenvalue weighted by molar-refractivity contribution is -0.115. The Bertz CT molecular complexity index is 2540. The summed E-state index contributed by atoms with van der Waals surface area (Å²) in [4.78, 5) is 51.2. The highest BCUT2D eigenvalue weighted by Crippen LogP contribution is 2.43. The first-order chi connectivity index (χ1) is 29.0. The quantitative estimate of drug-likeness (QED) is 0.142. The Kier molecular flexibility index (Phi) is 10.4.